The van der Waals surface area contributed by atoms with Gasteiger partial charge in [-0.2, -0.15) is 0 Å². The Hall–Kier alpha value is -1.38. The zero-order valence-electron chi connectivity index (χ0n) is 10.7. The van der Waals surface area contributed by atoms with Crippen LogP contribution in [0, 0.1) is 5.92 Å². The maximum absolute atomic E-state index is 5.68. The lowest BCUT2D eigenvalue weighted by Crippen LogP contribution is -2.15. The molecule has 0 N–H and O–H groups in total. The molecule has 96 valence electrons. The van der Waals surface area contributed by atoms with Crippen LogP contribution in [0.2, 0.25) is 0 Å². The van der Waals surface area contributed by atoms with Crippen molar-refractivity contribution >= 4 is 5.90 Å². The predicted molar refractivity (Wildman–Crippen MR) is 71.7 cm³/mol. The number of aliphatic imine (C=N–C) groups is 1. The van der Waals surface area contributed by atoms with Crippen molar-refractivity contribution in [2.24, 2.45) is 10.9 Å². The molecule has 3 nitrogen and oxygen atoms in total. The number of ether oxygens (including phenoxy) is 1. The summed E-state index contributed by atoms with van der Waals surface area (Å²) in [4.78, 5) is 8.97. The Morgan fingerprint density at radius 2 is 2.06 bits per heavy atom. The summed E-state index contributed by atoms with van der Waals surface area (Å²) in [5.74, 6) is 1.59. The number of hydrogen-bond acceptors (Lipinski definition) is 3. The first-order valence-corrected chi connectivity index (χ1v) is 7.04. The van der Waals surface area contributed by atoms with Crippen LogP contribution in [0.1, 0.15) is 44.2 Å². The maximum Gasteiger partial charge on any atom is 0.235 e. The minimum Gasteiger partial charge on any atom is -0.474 e. The van der Waals surface area contributed by atoms with E-state index >= 15 is 0 Å². The summed E-state index contributed by atoms with van der Waals surface area (Å²) in [6.07, 6.45) is 9.95. The van der Waals surface area contributed by atoms with Crippen molar-refractivity contribution in [3.8, 4) is 0 Å². The van der Waals surface area contributed by atoms with Crippen molar-refractivity contribution in [3.05, 3.63) is 30.1 Å². The van der Waals surface area contributed by atoms with Gasteiger partial charge in [-0.25, -0.2) is 4.99 Å². The van der Waals surface area contributed by atoms with Gasteiger partial charge < -0.3 is 4.74 Å². The average Bonchev–Trinajstić information content (AvgIpc) is 2.89. The van der Waals surface area contributed by atoms with Crippen molar-refractivity contribution in [3.63, 3.8) is 0 Å². The smallest absolute Gasteiger partial charge is 0.235 e. The molecule has 1 aliphatic heterocycles. The molecule has 1 aromatic rings. The highest BCUT2D eigenvalue weighted by Gasteiger charge is 2.24. The molecular formula is C15H20N2O. The van der Waals surface area contributed by atoms with E-state index in [0.29, 0.717) is 6.04 Å². The van der Waals surface area contributed by atoms with Gasteiger partial charge in [0.2, 0.25) is 5.90 Å². The van der Waals surface area contributed by atoms with E-state index in [0.717, 1.165) is 24.1 Å². The molecular weight excluding hydrogens is 224 g/mol. The molecule has 2 aliphatic rings. The third-order valence-corrected chi connectivity index (χ3v) is 3.93. The Morgan fingerprint density at radius 1 is 1.17 bits per heavy atom. The minimum atomic E-state index is 0.352. The Balaban J connectivity index is 1.61. The molecule has 0 radical (unpaired) electrons. The van der Waals surface area contributed by atoms with Crippen LogP contribution in [-0.2, 0) is 4.74 Å². The topological polar surface area (TPSA) is 34.5 Å². The number of pyridine rings is 1. The van der Waals surface area contributed by atoms with E-state index in [9.17, 15) is 0 Å². The van der Waals surface area contributed by atoms with Gasteiger partial charge in [-0.3, -0.25) is 4.98 Å². The average molecular weight is 244 g/mol. The molecule has 18 heavy (non-hydrogen) atoms. The van der Waals surface area contributed by atoms with E-state index < -0.39 is 0 Å². The van der Waals surface area contributed by atoms with Crippen molar-refractivity contribution in [1.29, 1.82) is 0 Å². The molecule has 0 aromatic carbocycles. The van der Waals surface area contributed by atoms with Gasteiger partial charge in [-0.05, 0) is 24.5 Å². The van der Waals surface area contributed by atoms with Gasteiger partial charge in [0.15, 0.2) is 0 Å². The second kappa shape index (κ2) is 5.51. The fraction of sp³-hybridized carbons (Fsp3) is 0.600. The van der Waals surface area contributed by atoms with E-state index in [1.54, 1.807) is 6.20 Å². The number of nitrogens with zero attached hydrogens (tertiary/aromatic N) is 2. The highest BCUT2D eigenvalue weighted by Crippen LogP contribution is 2.29. The largest absolute Gasteiger partial charge is 0.474 e. The van der Waals surface area contributed by atoms with Gasteiger partial charge in [-0.15, -0.1) is 0 Å². The molecule has 0 bridgehead atoms. The van der Waals surface area contributed by atoms with Gasteiger partial charge in [-0.1, -0.05) is 38.2 Å². The first-order valence-electron chi connectivity index (χ1n) is 7.04. The van der Waals surface area contributed by atoms with Crippen LogP contribution in [0.3, 0.4) is 0 Å². The maximum atomic E-state index is 5.68. The Bertz CT molecular complexity index is 410. The molecule has 1 saturated carbocycles. The zero-order chi connectivity index (χ0) is 12.2. The Morgan fingerprint density at radius 3 is 2.83 bits per heavy atom. The lowest BCUT2D eigenvalue weighted by atomic mass is 9.85. The highest BCUT2D eigenvalue weighted by molar-refractivity contribution is 5.93. The van der Waals surface area contributed by atoms with E-state index in [1.165, 1.54) is 38.5 Å². The molecule has 1 aliphatic carbocycles. The molecule has 1 atom stereocenters. The second-order valence-corrected chi connectivity index (χ2v) is 5.35. The van der Waals surface area contributed by atoms with E-state index in [1.807, 2.05) is 18.2 Å². The van der Waals surface area contributed by atoms with Crippen LogP contribution >= 0.6 is 0 Å². The highest BCUT2D eigenvalue weighted by atomic mass is 16.5. The van der Waals surface area contributed by atoms with Gasteiger partial charge in [0.1, 0.15) is 12.3 Å². The summed E-state index contributed by atoms with van der Waals surface area (Å²) in [7, 11) is 0. The van der Waals surface area contributed by atoms with Crippen LogP contribution < -0.4 is 0 Å². The molecule has 3 rings (SSSR count). The van der Waals surface area contributed by atoms with E-state index in [-0.39, 0.29) is 0 Å². The molecule has 2 heterocycles. The number of hydrogen-bond donors (Lipinski definition) is 0. The molecule has 3 heteroatoms. The molecule has 0 saturated heterocycles. The molecule has 1 aromatic heterocycles. The van der Waals surface area contributed by atoms with Gasteiger partial charge >= 0.3 is 0 Å². The lowest BCUT2D eigenvalue weighted by Gasteiger charge is -2.22. The van der Waals surface area contributed by atoms with Gasteiger partial charge in [0.25, 0.3) is 0 Å². The normalized spacial score (nSPS) is 24.7. The minimum absolute atomic E-state index is 0.352. The van der Waals surface area contributed by atoms with Crippen LogP contribution in [0.4, 0.5) is 0 Å². The monoisotopic (exact) mass is 244 g/mol. The van der Waals surface area contributed by atoms with Crippen LogP contribution in [-0.4, -0.2) is 23.5 Å². The van der Waals surface area contributed by atoms with Gasteiger partial charge in [0.05, 0.1) is 6.04 Å². The third kappa shape index (κ3) is 2.71. The molecule has 0 spiro atoms. The first-order chi connectivity index (χ1) is 8.92. The molecule has 0 unspecified atom stereocenters. The van der Waals surface area contributed by atoms with Crippen molar-refractivity contribution in [2.75, 3.05) is 6.61 Å². The standard InChI is InChI=1S/C15H20N2O/c1-2-6-12(7-3-1)10-13-11-18-15(17-13)14-8-4-5-9-16-14/h4-5,8-9,12-13H,1-3,6-7,10-11H2/t13-/m0/s1. The fourth-order valence-corrected chi connectivity index (χ4v) is 2.97. The Labute approximate surface area is 108 Å². The quantitative estimate of drug-likeness (QED) is 0.818. The number of aromatic nitrogens is 1. The van der Waals surface area contributed by atoms with Crippen LogP contribution in [0.15, 0.2) is 29.4 Å². The van der Waals surface area contributed by atoms with Gasteiger partial charge in [0, 0.05) is 6.20 Å². The van der Waals surface area contributed by atoms with Crippen LogP contribution in [0.5, 0.6) is 0 Å². The summed E-state index contributed by atoms with van der Waals surface area (Å²) in [6, 6.07) is 6.20. The van der Waals surface area contributed by atoms with Crippen molar-refractivity contribution in [1.82, 2.24) is 4.98 Å². The first kappa shape index (κ1) is 11.7. The summed E-state index contributed by atoms with van der Waals surface area (Å²) >= 11 is 0. The summed E-state index contributed by atoms with van der Waals surface area (Å²) < 4.78 is 5.68. The van der Waals surface area contributed by atoms with Crippen LogP contribution in [0.25, 0.3) is 0 Å². The summed E-state index contributed by atoms with van der Waals surface area (Å²) in [5.41, 5.74) is 0.864. The lowest BCUT2D eigenvalue weighted by molar-refractivity contribution is 0.267. The molecule has 1 fully saturated rings. The van der Waals surface area contributed by atoms with Crippen molar-refractivity contribution in [2.45, 2.75) is 44.6 Å². The number of rotatable bonds is 3. The van der Waals surface area contributed by atoms with Crippen molar-refractivity contribution < 1.29 is 4.74 Å². The molecule has 0 amide bonds. The summed E-state index contributed by atoms with van der Waals surface area (Å²) in [5, 5.41) is 0. The fourth-order valence-electron chi connectivity index (χ4n) is 2.97. The second-order valence-electron chi connectivity index (χ2n) is 5.35. The SMILES string of the molecule is c1ccc(C2=N[C@@H](CC3CCCCC3)CO2)nc1. The Kier molecular flexibility index (Phi) is 3.58. The zero-order valence-corrected chi connectivity index (χ0v) is 10.7. The summed E-state index contributed by atoms with van der Waals surface area (Å²) in [6.45, 7) is 0.738. The van der Waals surface area contributed by atoms with E-state index in [2.05, 4.69) is 9.98 Å². The third-order valence-electron chi connectivity index (χ3n) is 3.93. The van der Waals surface area contributed by atoms with E-state index in [4.69, 9.17) is 4.74 Å². The predicted octanol–water partition coefficient (Wildman–Crippen LogP) is 3.20.